The van der Waals surface area contributed by atoms with E-state index in [2.05, 4.69) is 0 Å². The van der Waals surface area contributed by atoms with Crippen LogP contribution in [0.4, 0.5) is 0 Å². The topological polar surface area (TPSA) is 71.1 Å². The first-order chi connectivity index (χ1) is 13.0. The summed E-state index contributed by atoms with van der Waals surface area (Å²) in [7, 11) is 3.05. The molecular formula is C21H24O6. The molecule has 2 rings (SSSR count). The highest BCUT2D eigenvalue weighted by molar-refractivity contribution is 6.01. The van der Waals surface area contributed by atoms with Crippen molar-refractivity contribution in [1.82, 2.24) is 0 Å². The Morgan fingerprint density at radius 1 is 0.926 bits per heavy atom. The molecule has 2 aromatic carbocycles. The Hall–Kier alpha value is -3.02. The zero-order chi connectivity index (χ0) is 19.8. The van der Waals surface area contributed by atoms with Crippen LogP contribution in [0, 0.1) is 0 Å². The summed E-state index contributed by atoms with van der Waals surface area (Å²) in [6, 6.07) is 11.4. The number of Topliss-reactive ketones (excluding diaryl/α,β-unsaturated/α-hetero) is 1. The van der Waals surface area contributed by atoms with Crippen LogP contribution >= 0.6 is 0 Å². The second-order valence-corrected chi connectivity index (χ2v) is 5.85. The Balaban J connectivity index is 2.07. The molecule has 2 aromatic rings. The van der Waals surface area contributed by atoms with Gasteiger partial charge in [0.25, 0.3) is 0 Å². The van der Waals surface area contributed by atoms with Crippen molar-refractivity contribution in [3.8, 4) is 17.2 Å². The molecule has 0 aromatic heterocycles. The van der Waals surface area contributed by atoms with Gasteiger partial charge in [-0.2, -0.15) is 0 Å². The average molecular weight is 372 g/mol. The standard InChI is InChI=1S/C21H24O6/c1-5-12-26-18-11-8-16(13-19(18)25-4)21(23)27-14(2)20(22)15-6-9-17(24-3)10-7-15/h6-11,13-14H,5,12H2,1-4H3/t14-/m0/s1. The van der Waals surface area contributed by atoms with Crippen LogP contribution in [0.25, 0.3) is 0 Å². The monoisotopic (exact) mass is 372 g/mol. The van der Waals surface area contributed by atoms with E-state index in [-0.39, 0.29) is 11.3 Å². The quantitative estimate of drug-likeness (QED) is 0.491. The van der Waals surface area contributed by atoms with Crippen LogP contribution in [0.2, 0.25) is 0 Å². The molecule has 0 bridgehead atoms. The molecule has 0 saturated carbocycles. The fraction of sp³-hybridized carbons (Fsp3) is 0.333. The minimum atomic E-state index is -0.923. The molecule has 0 N–H and O–H groups in total. The molecule has 1 atom stereocenters. The first kappa shape index (κ1) is 20.3. The minimum absolute atomic E-state index is 0.282. The van der Waals surface area contributed by atoms with Gasteiger partial charge in [0, 0.05) is 5.56 Å². The van der Waals surface area contributed by atoms with Gasteiger partial charge in [-0.1, -0.05) is 6.92 Å². The number of methoxy groups -OCH3 is 2. The first-order valence-corrected chi connectivity index (χ1v) is 8.70. The second-order valence-electron chi connectivity index (χ2n) is 5.85. The van der Waals surface area contributed by atoms with E-state index in [9.17, 15) is 9.59 Å². The highest BCUT2D eigenvalue weighted by atomic mass is 16.5. The summed E-state index contributed by atoms with van der Waals surface area (Å²) >= 11 is 0. The maximum absolute atomic E-state index is 12.4. The van der Waals surface area contributed by atoms with Crippen molar-refractivity contribution in [2.75, 3.05) is 20.8 Å². The van der Waals surface area contributed by atoms with E-state index in [1.54, 1.807) is 50.4 Å². The fourth-order valence-electron chi connectivity index (χ4n) is 2.40. The third kappa shape index (κ3) is 5.23. The third-order valence-electron chi connectivity index (χ3n) is 3.89. The summed E-state index contributed by atoms with van der Waals surface area (Å²) in [5.41, 5.74) is 0.724. The van der Waals surface area contributed by atoms with Crippen molar-refractivity contribution >= 4 is 11.8 Å². The van der Waals surface area contributed by atoms with Crippen LogP contribution < -0.4 is 14.2 Å². The first-order valence-electron chi connectivity index (χ1n) is 8.70. The molecule has 0 aliphatic carbocycles. The Bertz CT molecular complexity index is 782. The van der Waals surface area contributed by atoms with Gasteiger partial charge in [-0.15, -0.1) is 0 Å². The van der Waals surface area contributed by atoms with Crippen molar-refractivity contribution < 1.29 is 28.5 Å². The number of rotatable bonds is 9. The van der Waals surface area contributed by atoms with Gasteiger partial charge >= 0.3 is 5.97 Å². The Kier molecular flexibility index (Phi) is 7.23. The summed E-state index contributed by atoms with van der Waals surface area (Å²) in [6.45, 7) is 4.09. The molecule has 6 heteroatoms. The largest absolute Gasteiger partial charge is 0.497 e. The zero-order valence-corrected chi connectivity index (χ0v) is 16.0. The van der Waals surface area contributed by atoms with Gasteiger partial charge in [-0.3, -0.25) is 4.79 Å². The van der Waals surface area contributed by atoms with Crippen molar-refractivity contribution in [2.24, 2.45) is 0 Å². The van der Waals surface area contributed by atoms with Crippen LogP contribution in [0.15, 0.2) is 42.5 Å². The summed E-state index contributed by atoms with van der Waals surface area (Å²) in [5.74, 6) is 0.740. The molecule has 0 unspecified atom stereocenters. The summed E-state index contributed by atoms with van der Waals surface area (Å²) in [6.07, 6.45) is -0.0642. The molecule has 27 heavy (non-hydrogen) atoms. The minimum Gasteiger partial charge on any atom is -0.497 e. The highest BCUT2D eigenvalue weighted by Crippen LogP contribution is 2.28. The van der Waals surface area contributed by atoms with E-state index in [0.29, 0.717) is 29.4 Å². The van der Waals surface area contributed by atoms with E-state index >= 15 is 0 Å². The number of hydrogen-bond acceptors (Lipinski definition) is 6. The molecule has 0 saturated heterocycles. The van der Waals surface area contributed by atoms with Crippen molar-refractivity contribution in [3.05, 3.63) is 53.6 Å². The van der Waals surface area contributed by atoms with E-state index in [1.165, 1.54) is 13.2 Å². The van der Waals surface area contributed by atoms with Crippen molar-refractivity contribution in [1.29, 1.82) is 0 Å². The van der Waals surface area contributed by atoms with E-state index in [4.69, 9.17) is 18.9 Å². The predicted octanol–water partition coefficient (Wildman–Crippen LogP) is 3.92. The number of ether oxygens (including phenoxy) is 4. The molecule has 6 nitrogen and oxygen atoms in total. The lowest BCUT2D eigenvalue weighted by Gasteiger charge is -2.14. The lowest BCUT2D eigenvalue weighted by molar-refractivity contribution is 0.0318. The van der Waals surface area contributed by atoms with Gasteiger partial charge in [-0.25, -0.2) is 4.79 Å². The van der Waals surface area contributed by atoms with Gasteiger partial charge < -0.3 is 18.9 Å². The van der Waals surface area contributed by atoms with Crippen LogP contribution in [-0.4, -0.2) is 38.7 Å². The van der Waals surface area contributed by atoms with Crippen LogP contribution in [0.3, 0.4) is 0 Å². The van der Waals surface area contributed by atoms with E-state index < -0.39 is 12.1 Å². The van der Waals surface area contributed by atoms with Crippen molar-refractivity contribution in [3.63, 3.8) is 0 Å². The van der Waals surface area contributed by atoms with Gasteiger partial charge in [0.05, 0.1) is 26.4 Å². The van der Waals surface area contributed by atoms with E-state index in [0.717, 1.165) is 6.42 Å². The number of hydrogen-bond donors (Lipinski definition) is 0. The third-order valence-corrected chi connectivity index (χ3v) is 3.89. The van der Waals surface area contributed by atoms with Gasteiger partial charge in [-0.05, 0) is 55.8 Å². The normalized spacial score (nSPS) is 11.4. The Morgan fingerprint density at radius 2 is 1.59 bits per heavy atom. The Labute approximate surface area is 159 Å². The number of carbonyl (C=O) groups excluding carboxylic acids is 2. The summed E-state index contributed by atoms with van der Waals surface area (Å²) in [4.78, 5) is 24.8. The molecule has 144 valence electrons. The molecule has 0 radical (unpaired) electrons. The maximum Gasteiger partial charge on any atom is 0.338 e. The SMILES string of the molecule is CCCOc1ccc(C(=O)O[C@@H](C)C(=O)c2ccc(OC)cc2)cc1OC. The molecule has 0 fully saturated rings. The highest BCUT2D eigenvalue weighted by Gasteiger charge is 2.21. The molecule has 0 aliphatic heterocycles. The lowest BCUT2D eigenvalue weighted by atomic mass is 10.1. The predicted molar refractivity (Wildman–Crippen MR) is 101 cm³/mol. The van der Waals surface area contributed by atoms with Gasteiger partial charge in [0.15, 0.2) is 17.6 Å². The molecule has 0 amide bonds. The smallest absolute Gasteiger partial charge is 0.338 e. The average Bonchev–Trinajstić information content (AvgIpc) is 2.71. The number of ketones is 1. The number of esters is 1. The lowest BCUT2D eigenvalue weighted by Crippen LogP contribution is -2.24. The maximum atomic E-state index is 12.4. The number of benzene rings is 2. The Morgan fingerprint density at radius 3 is 2.19 bits per heavy atom. The van der Waals surface area contributed by atoms with Gasteiger partial charge in [0.1, 0.15) is 5.75 Å². The van der Waals surface area contributed by atoms with Crippen molar-refractivity contribution in [2.45, 2.75) is 26.4 Å². The molecule has 0 aliphatic rings. The zero-order valence-electron chi connectivity index (χ0n) is 16.0. The van der Waals surface area contributed by atoms with Crippen LogP contribution in [-0.2, 0) is 4.74 Å². The fourth-order valence-corrected chi connectivity index (χ4v) is 2.40. The molecule has 0 heterocycles. The summed E-state index contributed by atoms with van der Waals surface area (Å²) in [5, 5.41) is 0. The second kappa shape index (κ2) is 9.62. The summed E-state index contributed by atoms with van der Waals surface area (Å²) < 4.78 is 21.2. The van der Waals surface area contributed by atoms with Crippen LogP contribution in [0.1, 0.15) is 41.0 Å². The number of carbonyl (C=O) groups is 2. The van der Waals surface area contributed by atoms with E-state index in [1.807, 2.05) is 6.92 Å². The molecule has 0 spiro atoms. The van der Waals surface area contributed by atoms with Gasteiger partial charge in [0.2, 0.25) is 5.78 Å². The van der Waals surface area contributed by atoms with Crippen LogP contribution in [0.5, 0.6) is 17.2 Å². The molecular weight excluding hydrogens is 348 g/mol.